The summed E-state index contributed by atoms with van der Waals surface area (Å²) >= 11 is 0. The fourth-order valence-electron chi connectivity index (χ4n) is 2.41. The van der Waals surface area contributed by atoms with E-state index in [1.54, 1.807) is 6.20 Å². The molecule has 0 aliphatic carbocycles. The van der Waals surface area contributed by atoms with Crippen LogP contribution < -0.4 is 0 Å². The Morgan fingerprint density at radius 1 is 1.62 bits per heavy atom. The van der Waals surface area contributed by atoms with E-state index in [1.807, 2.05) is 0 Å². The average Bonchev–Trinajstić information content (AvgIpc) is 2.77. The van der Waals surface area contributed by atoms with Crippen molar-refractivity contribution < 1.29 is 9.63 Å². The number of piperidine rings is 1. The van der Waals surface area contributed by atoms with Crippen molar-refractivity contribution in [2.45, 2.75) is 45.3 Å². The smallest absolute Gasteiger partial charge is 0.146 e. The highest BCUT2D eigenvalue weighted by Gasteiger charge is 2.27. The van der Waals surface area contributed by atoms with Gasteiger partial charge in [-0.1, -0.05) is 5.16 Å². The number of aliphatic hydroxyl groups is 1. The van der Waals surface area contributed by atoms with E-state index in [2.05, 4.69) is 23.9 Å². The summed E-state index contributed by atoms with van der Waals surface area (Å²) in [5.41, 5.74) is 0.843. The molecule has 2 rings (SSSR count). The van der Waals surface area contributed by atoms with E-state index in [0.717, 1.165) is 30.8 Å². The van der Waals surface area contributed by atoms with Crippen molar-refractivity contribution >= 4 is 0 Å². The lowest BCUT2D eigenvalue weighted by molar-refractivity contribution is 0.153. The molecule has 1 aliphatic heterocycles. The van der Waals surface area contributed by atoms with E-state index < -0.39 is 0 Å². The molecular weight excluding hydrogens is 204 g/mol. The summed E-state index contributed by atoms with van der Waals surface area (Å²) in [7, 11) is 0. The molecule has 0 aromatic carbocycles. The average molecular weight is 224 g/mol. The maximum atomic E-state index is 9.20. The Kier molecular flexibility index (Phi) is 3.61. The molecule has 2 heterocycles. The minimum absolute atomic E-state index is 0.0248. The van der Waals surface area contributed by atoms with Crippen LogP contribution in [0.4, 0.5) is 0 Å². The van der Waals surface area contributed by atoms with Gasteiger partial charge in [0.25, 0.3) is 0 Å². The van der Waals surface area contributed by atoms with Crippen molar-refractivity contribution in [3.05, 3.63) is 17.5 Å². The number of hydrogen-bond donors (Lipinski definition) is 1. The molecule has 1 N–H and O–H groups in total. The van der Waals surface area contributed by atoms with E-state index in [0.29, 0.717) is 12.0 Å². The van der Waals surface area contributed by atoms with Crippen molar-refractivity contribution in [2.75, 3.05) is 13.1 Å². The van der Waals surface area contributed by atoms with Crippen LogP contribution in [0.15, 0.2) is 10.7 Å². The molecule has 4 heteroatoms. The normalized spacial score (nSPS) is 22.9. The predicted molar refractivity (Wildman–Crippen MR) is 61.1 cm³/mol. The number of hydrogen-bond acceptors (Lipinski definition) is 4. The highest BCUT2D eigenvalue weighted by Crippen LogP contribution is 2.29. The van der Waals surface area contributed by atoms with Gasteiger partial charge in [-0.25, -0.2) is 0 Å². The Bertz CT molecular complexity index is 336. The summed E-state index contributed by atoms with van der Waals surface area (Å²) in [5.74, 6) is 1.27. The van der Waals surface area contributed by atoms with Crippen LogP contribution in [0.1, 0.15) is 43.9 Å². The molecule has 0 radical (unpaired) electrons. The molecule has 1 aromatic rings. The van der Waals surface area contributed by atoms with Crippen LogP contribution in [0.25, 0.3) is 0 Å². The zero-order valence-corrected chi connectivity index (χ0v) is 10.0. The largest absolute Gasteiger partial charge is 0.391 e. The third kappa shape index (κ3) is 2.28. The zero-order chi connectivity index (χ0) is 11.5. The van der Waals surface area contributed by atoms with Crippen LogP contribution in [-0.4, -0.2) is 34.3 Å². The van der Waals surface area contributed by atoms with Crippen molar-refractivity contribution in [2.24, 2.45) is 0 Å². The van der Waals surface area contributed by atoms with Gasteiger partial charge in [0, 0.05) is 24.1 Å². The first kappa shape index (κ1) is 11.6. The molecule has 1 aromatic heterocycles. The van der Waals surface area contributed by atoms with Crippen LogP contribution in [0, 0.1) is 0 Å². The lowest BCUT2D eigenvalue weighted by atomic mass is 9.93. The topological polar surface area (TPSA) is 49.5 Å². The summed E-state index contributed by atoms with van der Waals surface area (Å²) in [6.07, 6.45) is 3.95. The van der Waals surface area contributed by atoms with Gasteiger partial charge in [0.05, 0.1) is 12.8 Å². The second-order valence-electron chi connectivity index (χ2n) is 4.80. The predicted octanol–water partition coefficient (Wildman–Crippen LogP) is 1.75. The monoisotopic (exact) mass is 224 g/mol. The Morgan fingerprint density at radius 2 is 2.44 bits per heavy atom. The number of aliphatic hydroxyl groups excluding tert-OH is 1. The molecule has 1 atom stereocenters. The van der Waals surface area contributed by atoms with Crippen molar-refractivity contribution in [1.29, 1.82) is 0 Å². The molecular formula is C12H20N2O2. The molecule has 0 saturated carbocycles. The lowest BCUT2D eigenvalue weighted by Crippen LogP contribution is -2.39. The molecule has 4 nitrogen and oxygen atoms in total. The van der Waals surface area contributed by atoms with Gasteiger partial charge in [0.2, 0.25) is 0 Å². The number of likely N-dealkylation sites (tertiary alicyclic amines) is 1. The standard InChI is InChI=1S/C12H20N2O2/c1-9(2)14-5-3-4-10(7-14)12-11(8-15)6-13-16-12/h6,9-10,15H,3-5,7-8H2,1-2H3. The third-order valence-electron chi connectivity index (χ3n) is 3.40. The summed E-state index contributed by atoms with van der Waals surface area (Å²) in [4.78, 5) is 2.46. The Balaban J connectivity index is 2.09. The van der Waals surface area contributed by atoms with Gasteiger partial charge >= 0.3 is 0 Å². The van der Waals surface area contributed by atoms with Crippen molar-refractivity contribution in [1.82, 2.24) is 10.1 Å². The SMILES string of the molecule is CC(C)N1CCCC(c2oncc2CO)C1. The highest BCUT2D eigenvalue weighted by atomic mass is 16.5. The molecule has 1 saturated heterocycles. The van der Waals surface area contributed by atoms with E-state index in [1.165, 1.54) is 6.42 Å². The Morgan fingerprint density at radius 3 is 3.12 bits per heavy atom. The number of nitrogens with zero attached hydrogens (tertiary/aromatic N) is 2. The van der Waals surface area contributed by atoms with Crippen molar-refractivity contribution in [3.63, 3.8) is 0 Å². The van der Waals surface area contributed by atoms with E-state index >= 15 is 0 Å². The summed E-state index contributed by atoms with van der Waals surface area (Å²) in [6, 6.07) is 0.572. The molecule has 0 bridgehead atoms. The van der Waals surface area contributed by atoms with Gasteiger partial charge < -0.3 is 14.5 Å². The minimum atomic E-state index is 0.0248. The van der Waals surface area contributed by atoms with Crippen LogP contribution in [-0.2, 0) is 6.61 Å². The molecule has 0 amide bonds. The summed E-state index contributed by atoms with van der Waals surface area (Å²) < 4.78 is 5.29. The Hall–Kier alpha value is -0.870. The number of aromatic nitrogens is 1. The van der Waals surface area contributed by atoms with E-state index in [-0.39, 0.29) is 6.61 Å². The van der Waals surface area contributed by atoms with Crippen LogP contribution in [0.5, 0.6) is 0 Å². The molecule has 1 aliphatic rings. The fraction of sp³-hybridized carbons (Fsp3) is 0.750. The molecule has 1 unspecified atom stereocenters. The van der Waals surface area contributed by atoms with Gasteiger partial charge in [-0.05, 0) is 33.2 Å². The maximum absolute atomic E-state index is 9.20. The molecule has 0 spiro atoms. The molecule has 1 fully saturated rings. The quantitative estimate of drug-likeness (QED) is 0.850. The summed E-state index contributed by atoms with van der Waals surface area (Å²) in [6.45, 7) is 6.64. The second kappa shape index (κ2) is 4.97. The van der Waals surface area contributed by atoms with Crippen LogP contribution >= 0.6 is 0 Å². The fourth-order valence-corrected chi connectivity index (χ4v) is 2.41. The number of rotatable bonds is 3. The van der Waals surface area contributed by atoms with Crippen molar-refractivity contribution in [3.8, 4) is 0 Å². The van der Waals surface area contributed by atoms with Gasteiger partial charge in [-0.15, -0.1) is 0 Å². The highest BCUT2D eigenvalue weighted by molar-refractivity contribution is 5.17. The van der Waals surface area contributed by atoms with Gasteiger partial charge in [0.1, 0.15) is 5.76 Å². The maximum Gasteiger partial charge on any atom is 0.146 e. The first-order valence-electron chi connectivity index (χ1n) is 6.00. The van der Waals surface area contributed by atoms with Gasteiger partial charge in [-0.3, -0.25) is 0 Å². The van der Waals surface area contributed by atoms with Gasteiger partial charge in [0.15, 0.2) is 0 Å². The van der Waals surface area contributed by atoms with E-state index in [9.17, 15) is 5.11 Å². The third-order valence-corrected chi connectivity index (χ3v) is 3.40. The first-order chi connectivity index (χ1) is 7.72. The first-order valence-corrected chi connectivity index (χ1v) is 6.00. The lowest BCUT2D eigenvalue weighted by Gasteiger charge is -2.34. The van der Waals surface area contributed by atoms with E-state index in [4.69, 9.17) is 4.52 Å². The van der Waals surface area contributed by atoms with Crippen LogP contribution in [0.2, 0.25) is 0 Å². The zero-order valence-electron chi connectivity index (χ0n) is 10.0. The Labute approximate surface area is 96.2 Å². The van der Waals surface area contributed by atoms with Crippen LogP contribution in [0.3, 0.4) is 0 Å². The van der Waals surface area contributed by atoms with Gasteiger partial charge in [-0.2, -0.15) is 0 Å². The molecule has 16 heavy (non-hydrogen) atoms. The summed E-state index contributed by atoms with van der Waals surface area (Å²) in [5, 5.41) is 13.0. The molecule has 90 valence electrons. The second-order valence-corrected chi connectivity index (χ2v) is 4.80. The minimum Gasteiger partial charge on any atom is -0.391 e.